The Morgan fingerprint density at radius 2 is 1.86 bits per heavy atom. The first-order chi connectivity index (χ1) is 10.1. The van der Waals surface area contributed by atoms with E-state index in [1.54, 1.807) is 0 Å². The predicted octanol–water partition coefficient (Wildman–Crippen LogP) is 4.07. The number of halogens is 3. The molecule has 0 saturated heterocycles. The number of anilines is 2. The topological polar surface area (TPSA) is 24.1 Å². The van der Waals surface area contributed by atoms with Crippen LogP contribution in [0.1, 0.15) is 17.5 Å². The largest absolute Gasteiger partial charge is 0.385 e. The van der Waals surface area contributed by atoms with Crippen molar-refractivity contribution >= 4 is 11.4 Å². The van der Waals surface area contributed by atoms with E-state index in [0.29, 0.717) is 6.54 Å². The van der Waals surface area contributed by atoms with Crippen molar-refractivity contribution in [2.24, 2.45) is 0 Å². The van der Waals surface area contributed by atoms with Crippen molar-refractivity contribution < 1.29 is 13.2 Å². The van der Waals surface area contributed by atoms with Gasteiger partial charge >= 0.3 is 0 Å². The second-order valence-electron chi connectivity index (χ2n) is 5.09. The molecule has 1 aliphatic heterocycles. The van der Waals surface area contributed by atoms with Crippen molar-refractivity contribution in [2.45, 2.75) is 19.4 Å². The molecule has 1 aliphatic rings. The maximum Gasteiger partial charge on any atom is 0.194 e. The first-order valence-corrected chi connectivity index (χ1v) is 6.88. The van der Waals surface area contributed by atoms with Crippen molar-refractivity contribution in [2.75, 3.05) is 17.2 Å². The zero-order chi connectivity index (χ0) is 14.8. The van der Waals surface area contributed by atoms with E-state index in [-0.39, 0.29) is 5.69 Å². The van der Waals surface area contributed by atoms with E-state index in [0.717, 1.165) is 42.8 Å². The van der Waals surface area contributed by atoms with Crippen LogP contribution in [0.2, 0.25) is 0 Å². The van der Waals surface area contributed by atoms with E-state index in [2.05, 4.69) is 16.7 Å². The van der Waals surface area contributed by atoms with Crippen molar-refractivity contribution in [1.82, 2.24) is 0 Å². The second kappa shape index (κ2) is 5.68. The van der Waals surface area contributed by atoms with Crippen LogP contribution in [-0.4, -0.2) is 6.54 Å². The molecule has 0 unspecified atom stereocenters. The first kappa shape index (κ1) is 13.8. The summed E-state index contributed by atoms with van der Waals surface area (Å²) < 4.78 is 39.3. The number of nitrogens with one attached hydrogen (secondary N) is 2. The molecule has 0 atom stereocenters. The summed E-state index contributed by atoms with van der Waals surface area (Å²) in [6.07, 6.45) is 2.12. The fourth-order valence-electron chi connectivity index (χ4n) is 2.58. The van der Waals surface area contributed by atoms with Gasteiger partial charge in [0.1, 0.15) is 0 Å². The number of benzene rings is 2. The van der Waals surface area contributed by atoms with Crippen LogP contribution in [0.4, 0.5) is 24.5 Å². The summed E-state index contributed by atoms with van der Waals surface area (Å²) in [6, 6.07) is 7.92. The minimum Gasteiger partial charge on any atom is -0.385 e. The lowest BCUT2D eigenvalue weighted by Crippen LogP contribution is -2.15. The molecular formula is C16H15F3N2. The minimum atomic E-state index is -1.45. The van der Waals surface area contributed by atoms with Crippen LogP contribution in [-0.2, 0) is 13.0 Å². The van der Waals surface area contributed by atoms with Crippen LogP contribution in [0.3, 0.4) is 0 Å². The molecule has 0 radical (unpaired) electrons. The van der Waals surface area contributed by atoms with Gasteiger partial charge < -0.3 is 10.6 Å². The summed E-state index contributed by atoms with van der Waals surface area (Å²) in [5.41, 5.74) is 3.58. The molecule has 2 nitrogen and oxygen atoms in total. The summed E-state index contributed by atoms with van der Waals surface area (Å²) in [6.45, 7) is 1.34. The summed E-state index contributed by atoms with van der Waals surface area (Å²) >= 11 is 0. The number of hydrogen-bond donors (Lipinski definition) is 2. The van der Waals surface area contributed by atoms with E-state index in [9.17, 15) is 13.2 Å². The lowest BCUT2D eigenvalue weighted by atomic mass is 9.99. The lowest BCUT2D eigenvalue weighted by Gasteiger charge is -2.21. The third kappa shape index (κ3) is 2.82. The van der Waals surface area contributed by atoms with E-state index < -0.39 is 17.5 Å². The van der Waals surface area contributed by atoms with Gasteiger partial charge in [0.2, 0.25) is 0 Å². The van der Waals surface area contributed by atoms with Gasteiger partial charge in [-0.25, -0.2) is 13.2 Å². The average molecular weight is 292 g/mol. The fraction of sp³-hybridized carbons (Fsp3) is 0.250. The molecular weight excluding hydrogens is 277 g/mol. The van der Waals surface area contributed by atoms with Crippen LogP contribution < -0.4 is 10.6 Å². The van der Waals surface area contributed by atoms with Gasteiger partial charge in [-0.05, 0) is 24.0 Å². The van der Waals surface area contributed by atoms with E-state index >= 15 is 0 Å². The molecule has 3 rings (SSSR count). The quantitative estimate of drug-likeness (QED) is 0.833. The molecule has 0 spiro atoms. The van der Waals surface area contributed by atoms with Gasteiger partial charge in [0, 0.05) is 36.6 Å². The highest BCUT2D eigenvalue weighted by Crippen LogP contribution is 2.27. The number of hydrogen-bond acceptors (Lipinski definition) is 2. The Kier molecular flexibility index (Phi) is 3.73. The fourth-order valence-corrected chi connectivity index (χ4v) is 2.58. The van der Waals surface area contributed by atoms with Gasteiger partial charge in [-0.1, -0.05) is 18.2 Å². The highest BCUT2D eigenvalue weighted by atomic mass is 19.2. The van der Waals surface area contributed by atoms with Crippen LogP contribution in [0.25, 0.3) is 0 Å². The molecule has 1 heterocycles. The van der Waals surface area contributed by atoms with Crippen molar-refractivity contribution in [1.29, 1.82) is 0 Å². The molecule has 2 aromatic rings. The molecule has 110 valence electrons. The van der Waals surface area contributed by atoms with Gasteiger partial charge in [0.05, 0.1) is 0 Å². The van der Waals surface area contributed by atoms with Crippen LogP contribution in [0, 0.1) is 17.5 Å². The number of fused-ring (bicyclic) bond motifs is 1. The highest BCUT2D eigenvalue weighted by molar-refractivity contribution is 5.60. The molecule has 5 heteroatoms. The Morgan fingerprint density at radius 1 is 1.10 bits per heavy atom. The second-order valence-corrected chi connectivity index (χ2v) is 5.09. The molecule has 0 fully saturated rings. The zero-order valence-electron chi connectivity index (χ0n) is 11.3. The van der Waals surface area contributed by atoms with E-state index in [1.165, 1.54) is 5.56 Å². The van der Waals surface area contributed by atoms with E-state index in [4.69, 9.17) is 0 Å². The van der Waals surface area contributed by atoms with Crippen LogP contribution in [0.15, 0.2) is 30.3 Å². The minimum absolute atomic E-state index is 0.222. The average Bonchev–Trinajstić information content (AvgIpc) is 2.50. The monoisotopic (exact) mass is 292 g/mol. The molecule has 0 amide bonds. The van der Waals surface area contributed by atoms with Crippen LogP contribution in [0.5, 0.6) is 0 Å². The number of rotatable bonds is 3. The zero-order valence-corrected chi connectivity index (χ0v) is 11.3. The Bertz CT molecular complexity index is 648. The predicted molar refractivity (Wildman–Crippen MR) is 76.9 cm³/mol. The SMILES string of the molecule is Fc1cc(NCc2cccc3c2NCCC3)cc(F)c1F. The van der Waals surface area contributed by atoms with Gasteiger partial charge in [-0.15, -0.1) is 0 Å². The number of para-hydroxylation sites is 1. The summed E-state index contributed by atoms with van der Waals surface area (Å²) in [5.74, 6) is -3.82. The lowest BCUT2D eigenvalue weighted by molar-refractivity contribution is 0.447. The molecule has 2 N–H and O–H groups in total. The molecule has 0 saturated carbocycles. The van der Waals surface area contributed by atoms with Crippen molar-refractivity contribution in [3.05, 3.63) is 58.9 Å². The molecule has 0 bridgehead atoms. The smallest absolute Gasteiger partial charge is 0.194 e. The van der Waals surface area contributed by atoms with Crippen molar-refractivity contribution in [3.63, 3.8) is 0 Å². The molecule has 2 aromatic carbocycles. The standard InChI is InChI=1S/C16H15F3N2/c17-13-7-12(8-14(18)15(13)19)21-9-11-4-1-3-10-5-2-6-20-16(10)11/h1,3-4,7-8,20-21H,2,5-6,9H2. The maximum absolute atomic E-state index is 13.2. The third-order valence-electron chi connectivity index (χ3n) is 3.63. The van der Waals surface area contributed by atoms with Gasteiger partial charge in [0.15, 0.2) is 17.5 Å². The Balaban J connectivity index is 1.79. The molecule has 0 aliphatic carbocycles. The Morgan fingerprint density at radius 3 is 2.62 bits per heavy atom. The van der Waals surface area contributed by atoms with Gasteiger partial charge in [0.25, 0.3) is 0 Å². The van der Waals surface area contributed by atoms with E-state index in [1.807, 2.05) is 12.1 Å². The van der Waals surface area contributed by atoms with Gasteiger partial charge in [-0.3, -0.25) is 0 Å². The van der Waals surface area contributed by atoms with Gasteiger partial charge in [-0.2, -0.15) is 0 Å². The highest BCUT2D eigenvalue weighted by Gasteiger charge is 2.13. The van der Waals surface area contributed by atoms with Crippen molar-refractivity contribution in [3.8, 4) is 0 Å². The summed E-state index contributed by atoms with van der Waals surface area (Å²) in [4.78, 5) is 0. The Labute approximate surface area is 121 Å². The summed E-state index contributed by atoms with van der Waals surface area (Å²) in [5, 5.41) is 6.28. The van der Waals surface area contributed by atoms with Crippen LogP contribution >= 0.6 is 0 Å². The first-order valence-electron chi connectivity index (χ1n) is 6.88. The maximum atomic E-state index is 13.2. The Hall–Kier alpha value is -2.17. The number of aryl methyl sites for hydroxylation is 1. The normalized spacial score (nSPS) is 13.5. The third-order valence-corrected chi connectivity index (χ3v) is 3.63. The summed E-state index contributed by atoms with van der Waals surface area (Å²) in [7, 11) is 0. The molecule has 21 heavy (non-hydrogen) atoms. The molecule has 0 aromatic heterocycles.